The van der Waals surface area contributed by atoms with Gasteiger partial charge < -0.3 is 5.73 Å². The quantitative estimate of drug-likeness (QED) is 0.937. The van der Waals surface area contributed by atoms with Gasteiger partial charge in [-0.1, -0.05) is 18.5 Å². The average molecular weight is 330 g/mol. The summed E-state index contributed by atoms with van der Waals surface area (Å²) in [6.45, 7) is 2.88. The van der Waals surface area contributed by atoms with E-state index in [1.165, 1.54) is 0 Å². The Balaban J connectivity index is 2.42. The average Bonchev–Trinajstić information content (AvgIpc) is 2.71. The lowest BCUT2D eigenvalue weighted by molar-refractivity contribution is 0.556. The fourth-order valence-electron chi connectivity index (χ4n) is 1.83. The van der Waals surface area contributed by atoms with Crippen molar-refractivity contribution in [3.05, 3.63) is 45.4 Å². The fraction of sp³-hybridized carbons (Fsp3) is 0.333. The number of aryl methyl sites for hydroxylation is 1. The molecule has 6 heteroatoms. The second-order valence-corrected chi connectivity index (χ2v) is 5.21. The third kappa shape index (κ3) is 2.58. The van der Waals surface area contributed by atoms with E-state index >= 15 is 0 Å². The molecule has 0 aliphatic carbocycles. The molecule has 1 unspecified atom stereocenters. The molecule has 0 aliphatic heterocycles. The molecule has 2 N–H and O–H groups in total. The maximum atomic E-state index is 6.26. The van der Waals surface area contributed by atoms with Crippen molar-refractivity contribution in [2.45, 2.75) is 25.9 Å². The van der Waals surface area contributed by atoms with Gasteiger partial charge in [0.05, 0.1) is 28.6 Å². The van der Waals surface area contributed by atoms with Crippen LogP contribution in [0.25, 0.3) is 0 Å². The van der Waals surface area contributed by atoms with Gasteiger partial charge in [0.15, 0.2) is 0 Å². The maximum absolute atomic E-state index is 6.26. The number of nitrogens with two attached hydrogens (primary N) is 1. The number of aromatic nitrogens is 3. The number of hydrogen-bond donors (Lipinski definition) is 1. The molecule has 0 aliphatic rings. The highest BCUT2D eigenvalue weighted by atomic mass is 79.9. The van der Waals surface area contributed by atoms with E-state index in [4.69, 9.17) is 17.3 Å². The molecule has 96 valence electrons. The summed E-state index contributed by atoms with van der Waals surface area (Å²) < 4.78 is 2.71. The van der Waals surface area contributed by atoms with Crippen LogP contribution in [0.5, 0.6) is 0 Å². The van der Waals surface area contributed by atoms with Gasteiger partial charge in [0.1, 0.15) is 0 Å². The summed E-state index contributed by atoms with van der Waals surface area (Å²) in [6.07, 6.45) is 4.32. The molecular formula is C12H14BrClN4. The van der Waals surface area contributed by atoms with Crippen molar-refractivity contribution in [3.8, 4) is 0 Å². The molecule has 0 radical (unpaired) electrons. The van der Waals surface area contributed by atoms with Crippen molar-refractivity contribution in [1.82, 2.24) is 14.8 Å². The van der Waals surface area contributed by atoms with Crippen LogP contribution in [0.15, 0.2) is 29.0 Å². The van der Waals surface area contributed by atoms with Crippen molar-refractivity contribution in [2.75, 3.05) is 0 Å². The zero-order valence-corrected chi connectivity index (χ0v) is 12.3. The van der Waals surface area contributed by atoms with Crippen molar-refractivity contribution < 1.29 is 0 Å². The molecule has 0 fully saturated rings. The van der Waals surface area contributed by atoms with Crippen molar-refractivity contribution >= 4 is 27.5 Å². The van der Waals surface area contributed by atoms with E-state index < -0.39 is 0 Å². The lowest BCUT2D eigenvalue weighted by atomic mass is 10.1. The van der Waals surface area contributed by atoms with Crippen LogP contribution >= 0.6 is 27.5 Å². The molecule has 0 amide bonds. The van der Waals surface area contributed by atoms with Gasteiger partial charge in [0.2, 0.25) is 0 Å². The lowest BCUT2D eigenvalue weighted by Gasteiger charge is -2.15. The number of rotatable bonds is 4. The summed E-state index contributed by atoms with van der Waals surface area (Å²) >= 11 is 9.63. The van der Waals surface area contributed by atoms with E-state index in [1.807, 2.05) is 16.8 Å². The number of halogens is 2. The normalized spacial score (nSPS) is 12.7. The Kier molecular flexibility index (Phi) is 4.37. The number of pyridine rings is 1. The molecule has 2 heterocycles. The topological polar surface area (TPSA) is 56.7 Å². The Morgan fingerprint density at radius 1 is 1.56 bits per heavy atom. The first-order valence-corrected chi connectivity index (χ1v) is 6.89. The molecule has 2 aromatic heterocycles. The summed E-state index contributed by atoms with van der Waals surface area (Å²) in [4.78, 5) is 4.30. The molecule has 0 saturated heterocycles. The highest BCUT2D eigenvalue weighted by Gasteiger charge is 2.21. The predicted octanol–water partition coefficient (Wildman–Crippen LogP) is 3.15. The maximum Gasteiger partial charge on any atom is 0.0923 e. The third-order valence-electron chi connectivity index (χ3n) is 2.64. The molecule has 0 spiro atoms. The van der Waals surface area contributed by atoms with Gasteiger partial charge in [0.25, 0.3) is 0 Å². The van der Waals surface area contributed by atoms with Gasteiger partial charge in [-0.2, -0.15) is 5.10 Å². The van der Waals surface area contributed by atoms with E-state index in [9.17, 15) is 0 Å². The summed E-state index contributed by atoms with van der Waals surface area (Å²) in [5, 5.41) is 4.82. The second kappa shape index (κ2) is 5.82. The molecule has 0 aromatic carbocycles. The molecule has 18 heavy (non-hydrogen) atoms. The molecule has 2 aromatic rings. The zero-order chi connectivity index (χ0) is 13.1. The highest BCUT2D eigenvalue weighted by Crippen LogP contribution is 2.29. The van der Waals surface area contributed by atoms with Crippen LogP contribution in [-0.4, -0.2) is 14.8 Å². The van der Waals surface area contributed by atoms with Crippen LogP contribution in [0.4, 0.5) is 0 Å². The number of nitrogens with zero attached hydrogens (tertiary/aromatic N) is 3. The summed E-state index contributed by atoms with van der Waals surface area (Å²) in [6, 6.07) is 3.38. The lowest BCUT2D eigenvalue weighted by Crippen LogP contribution is -2.19. The van der Waals surface area contributed by atoms with Crippen LogP contribution in [-0.2, 0) is 6.54 Å². The molecule has 0 bridgehead atoms. The minimum atomic E-state index is -0.387. The minimum Gasteiger partial charge on any atom is -0.318 e. The van der Waals surface area contributed by atoms with E-state index in [2.05, 4.69) is 32.9 Å². The summed E-state index contributed by atoms with van der Waals surface area (Å²) in [7, 11) is 0. The van der Waals surface area contributed by atoms with Gasteiger partial charge >= 0.3 is 0 Å². The van der Waals surface area contributed by atoms with E-state index in [1.54, 1.807) is 12.4 Å². The van der Waals surface area contributed by atoms with E-state index in [0.29, 0.717) is 5.02 Å². The molecule has 4 nitrogen and oxygen atoms in total. The van der Waals surface area contributed by atoms with Crippen molar-refractivity contribution in [1.29, 1.82) is 0 Å². The van der Waals surface area contributed by atoms with Crippen LogP contribution in [0.1, 0.15) is 30.8 Å². The Hall–Kier alpha value is -0.910. The first-order chi connectivity index (χ1) is 8.65. The Bertz CT molecular complexity index is 541. The van der Waals surface area contributed by atoms with Gasteiger partial charge in [-0.3, -0.25) is 9.67 Å². The second-order valence-electron chi connectivity index (χ2n) is 3.95. The van der Waals surface area contributed by atoms with Crippen molar-refractivity contribution in [2.24, 2.45) is 5.73 Å². The van der Waals surface area contributed by atoms with Gasteiger partial charge in [0, 0.05) is 17.2 Å². The largest absolute Gasteiger partial charge is 0.318 e. The smallest absolute Gasteiger partial charge is 0.0923 e. The predicted molar refractivity (Wildman–Crippen MR) is 75.5 cm³/mol. The third-order valence-corrected chi connectivity index (χ3v) is 3.61. The van der Waals surface area contributed by atoms with Gasteiger partial charge in [-0.15, -0.1) is 0 Å². The first kappa shape index (κ1) is 13.5. The molecule has 0 saturated carbocycles. The Labute approximate surface area is 119 Å². The Morgan fingerprint density at radius 2 is 2.33 bits per heavy atom. The van der Waals surface area contributed by atoms with Gasteiger partial charge in [-0.05, 0) is 34.5 Å². The van der Waals surface area contributed by atoms with E-state index in [-0.39, 0.29) is 6.04 Å². The summed E-state index contributed by atoms with van der Waals surface area (Å²) in [5.41, 5.74) is 7.82. The standard InChI is InChI=1S/C12H14BrClN4/c1-2-6-18-12(9(14)7-17-18)10(15)11-8(13)4-3-5-16-11/h3-5,7,10H,2,6,15H2,1H3. The van der Waals surface area contributed by atoms with Crippen LogP contribution in [0.3, 0.4) is 0 Å². The molecule has 1 atom stereocenters. The van der Waals surface area contributed by atoms with Crippen LogP contribution in [0, 0.1) is 0 Å². The van der Waals surface area contributed by atoms with E-state index in [0.717, 1.165) is 28.8 Å². The van der Waals surface area contributed by atoms with Crippen LogP contribution in [0.2, 0.25) is 5.02 Å². The fourth-order valence-corrected chi connectivity index (χ4v) is 2.59. The molecular weight excluding hydrogens is 316 g/mol. The van der Waals surface area contributed by atoms with Crippen LogP contribution < -0.4 is 5.73 Å². The minimum absolute atomic E-state index is 0.387. The Morgan fingerprint density at radius 3 is 3.00 bits per heavy atom. The number of hydrogen-bond acceptors (Lipinski definition) is 3. The first-order valence-electron chi connectivity index (χ1n) is 5.72. The van der Waals surface area contributed by atoms with Gasteiger partial charge in [-0.25, -0.2) is 0 Å². The SMILES string of the molecule is CCCn1ncc(Cl)c1C(N)c1ncccc1Br. The monoisotopic (exact) mass is 328 g/mol. The molecule has 2 rings (SSSR count). The zero-order valence-electron chi connectivity index (χ0n) is 9.98. The highest BCUT2D eigenvalue weighted by molar-refractivity contribution is 9.10. The van der Waals surface area contributed by atoms with Crippen molar-refractivity contribution in [3.63, 3.8) is 0 Å². The summed E-state index contributed by atoms with van der Waals surface area (Å²) in [5.74, 6) is 0.